The van der Waals surface area contributed by atoms with Gasteiger partial charge in [0.2, 0.25) is 0 Å². The highest BCUT2D eigenvalue weighted by Crippen LogP contribution is 2.44. The van der Waals surface area contributed by atoms with E-state index in [2.05, 4.69) is 0 Å². The Kier molecular flexibility index (Phi) is 6.60. The third-order valence-electron chi connectivity index (χ3n) is 6.37. The zero-order chi connectivity index (χ0) is 24.6. The van der Waals surface area contributed by atoms with Gasteiger partial charge in [0.1, 0.15) is 11.6 Å². The molecule has 0 spiro atoms. The normalized spacial score (nSPS) is 18.7. The van der Waals surface area contributed by atoms with Crippen LogP contribution in [0.2, 0.25) is 0 Å². The highest BCUT2D eigenvalue weighted by Gasteiger charge is 2.44. The molecule has 0 aromatic heterocycles. The Bertz CT molecular complexity index is 1200. The van der Waals surface area contributed by atoms with Gasteiger partial charge >= 0.3 is 6.11 Å². The van der Waals surface area contributed by atoms with Crippen LogP contribution in [0.25, 0.3) is 11.1 Å². The molecular formula is C26H21F7O. The standard InChI is InChI=1S/C26H21F7O/c1-14-2-9-20(25(31)24(14)30)15-3-6-17(7-4-15)26(32,33)34-18-8-10-19(22(28)13-18)16-5-11-21(27)23(29)12-16/h2,5,8-13,15,17H,3-4,6-7H2,1H3. The molecule has 0 amide bonds. The minimum Gasteiger partial charge on any atom is -0.432 e. The summed E-state index contributed by atoms with van der Waals surface area (Å²) >= 11 is 0. The molecule has 1 aliphatic rings. The van der Waals surface area contributed by atoms with Crippen LogP contribution in [0.3, 0.4) is 0 Å². The lowest BCUT2D eigenvalue weighted by Gasteiger charge is -2.33. The number of rotatable bonds is 5. The van der Waals surface area contributed by atoms with Gasteiger partial charge in [0, 0.05) is 11.6 Å². The van der Waals surface area contributed by atoms with E-state index >= 15 is 0 Å². The maximum Gasteiger partial charge on any atom is 0.400 e. The summed E-state index contributed by atoms with van der Waals surface area (Å²) in [6.45, 7) is 1.45. The lowest BCUT2D eigenvalue weighted by molar-refractivity contribution is -0.222. The molecule has 0 unspecified atom stereocenters. The monoisotopic (exact) mass is 482 g/mol. The smallest absolute Gasteiger partial charge is 0.400 e. The minimum atomic E-state index is -3.61. The molecule has 0 saturated heterocycles. The Labute approximate surface area is 192 Å². The fourth-order valence-electron chi connectivity index (χ4n) is 4.41. The fraction of sp³-hybridized carbons (Fsp3) is 0.308. The fourth-order valence-corrected chi connectivity index (χ4v) is 4.41. The molecule has 4 rings (SSSR count). The molecule has 1 nitrogen and oxygen atoms in total. The van der Waals surface area contributed by atoms with Crippen molar-refractivity contribution >= 4 is 0 Å². The molecule has 0 bridgehead atoms. The number of benzene rings is 3. The summed E-state index contributed by atoms with van der Waals surface area (Å²) in [7, 11) is 0. The first-order chi connectivity index (χ1) is 16.1. The largest absolute Gasteiger partial charge is 0.432 e. The highest BCUT2D eigenvalue weighted by atomic mass is 19.3. The average molecular weight is 482 g/mol. The van der Waals surface area contributed by atoms with Crippen LogP contribution in [0, 0.1) is 41.9 Å². The van der Waals surface area contributed by atoms with Crippen molar-refractivity contribution in [1.82, 2.24) is 0 Å². The van der Waals surface area contributed by atoms with Crippen LogP contribution in [-0.2, 0) is 0 Å². The molecule has 0 radical (unpaired) electrons. The van der Waals surface area contributed by atoms with Crippen molar-refractivity contribution in [3.63, 3.8) is 0 Å². The summed E-state index contributed by atoms with van der Waals surface area (Å²) in [6.07, 6.45) is -3.12. The molecule has 0 atom stereocenters. The Morgan fingerprint density at radius 1 is 0.735 bits per heavy atom. The first-order valence-corrected chi connectivity index (χ1v) is 10.8. The lowest BCUT2D eigenvalue weighted by Crippen LogP contribution is -2.37. The van der Waals surface area contributed by atoms with Crippen LogP contribution in [0.15, 0.2) is 48.5 Å². The van der Waals surface area contributed by atoms with E-state index in [9.17, 15) is 30.7 Å². The predicted octanol–water partition coefficient (Wildman–Crippen LogP) is 8.30. The summed E-state index contributed by atoms with van der Waals surface area (Å²) in [5, 5.41) is 0. The molecule has 0 aliphatic heterocycles. The number of ether oxygens (including phenoxy) is 1. The summed E-state index contributed by atoms with van der Waals surface area (Å²) in [4.78, 5) is 0. The third kappa shape index (κ3) is 4.76. The predicted molar refractivity (Wildman–Crippen MR) is 113 cm³/mol. The summed E-state index contributed by atoms with van der Waals surface area (Å²) < 4.78 is 104. The van der Waals surface area contributed by atoms with E-state index < -0.39 is 46.9 Å². The van der Waals surface area contributed by atoms with E-state index in [1.807, 2.05) is 0 Å². The van der Waals surface area contributed by atoms with Crippen molar-refractivity contribution < 1.29 is 35.5 Å². The van der Waals surface area contributed by atoms with Crippen molar-refractivity contribution in [2.45, 2.75) is 44.6 Å². The van der Waals surface area contributed by atoms with Gasteiger partial charge in [0.25, 0.3) is 0 Å². The topological polar surface area (TPSA) is 9.23 Å². The second-order valence-corrected chi connectivity index (χ2v) is 8.58. The quantitative estimate of drug-likeness (QED) is 0.333. The highest BCUT2D eigenvalue weighted by molar-refractivity contribution is 5.65. The van der Waals surface area contributed by atoms with Crippen LogP contribution in [0.5, 0.6) is 5.75 Å². The van der Waals surface area contributed by atoms with Gasteiger partial charge in [0.05, 0.1) is 5.92 Å². The molecule has 34 heavy (non-hydrogen) atoms. The van der Waals surface area contributed by atoms with Crippen LogP contribution in [-0.4, -0.2) is 6.11 Å². The Hall–Kier alpha value is -3.03. The molecule has 1 fully saturated rings. The van der Waals surface area contributed by atoms with Crippen molar-refractivity contribution in [1.29, 1.82) is 0 Å². The van der Waals surface area contributed by atoms with Crippen LogP contribution >= 0.6 is 0 Å². The van der Waals surface area contributed by atoms with E-state index in [-0.39, 0.29) is 53.9 Å². The van der Waals surface area contributed by atoms with Crippen molar-refractivity contribution in [3.05, 3.63) is 88.7 Å². The number of halogens is 7. The second kappa shape index (κ2) is 9.31. The second-order valence-electron chi connectivity index (χ2n) is 8.58. The van der Waals surface area contributed by atoms with Gasteiger partial charge < -0.3 is 4.74 Å². The molecule has 3 aromatic rings. The van der Waals surface area contributed by atoms with E-state index in [1.165, 1.54) is 25.1 Å². The first-order valence-electron chi connectivity index (χ1n) is 10.8. The average Bonchev–Trinajstić information content (AvgIpc) is 2.79. The van der Waals surface area contributed by atoms with Gasteiger partial charge in [0.15, 0.2) is 23.3 Å². The Morgan fingerprint density at radius 2 is 1.44 bits per heavy atom. The van der Waals surface area contributed by atoms with Gasteiger partial charge in [-0.3, -0.25) is 0 Å². The molecule has 0 N–H and O–H groups in total. The summed E-state index contributed by atoms with van der Waals surface area (Å²) in [5.74, 6) is -7.03. The Balaban J connectivity index is 1.44. The van der Waals surface area contributed by atoms with Crippen LogP contribution < -0.4 is 4.74 Å². The zero-order valence-corrected chi connectivity index (χ0v) is 18.2. The number of alkyl halides is 2. The molecule has 0 heterocycles. The van der Waals surface area contributed by atoms with E-state index in [0.717, 1.165) is 30.3 Å². The van der Waals surface area contributed by atoms with Crippen molar-refractivity contribution in [2.75, 3.05) is 0 Å². The lowest BCUT2D eigenvalue weighted by atomic mass is 9.78. The third-order valence-corrected chi connectivity index (χ3v) is 6.37. The molecule has 3 aromatic carbocycles. The molecule has 180 valence electrons. The van der Waals surface area contributed by atoms with Gasteiger partial charge in [-0.15, -0.1) is 0 Å². The number of hydrogen-bond acceptors (Lipinski definition) is 1. The maximum absolute atomic E-state index is 14.8. The molecule has 1 saturated carbocycles. The molecular weight excluding hydrogens is 461 g/mol. The van der Waals surface area contributed by atoms with Crippen molar-refractivity contribution in [3.8, 4) is 16.9 Å². The van der Waals surface area contributed by atoms with E-state index in [4.69, 9.17) is 4.74 Å². The summed E-state index contributed by atoms with van der Waals surface area (Å²) in [5.41, 5.74) is 0.314. The molecule has 8 heteroatoms. The Morgan fingerprint density at radius 3 is 2.09 bits per heavy atom. The van der Waals surface area contributed by atoms with Gasteiger partial charge in [-0.2, -0.15) is 8.78 Å². The number of aryl methyl sites for hydroxylation is 1. The van der Waals surface area contributed by atoms with Gasteiger partial charge in [-0.05, 0) is 79.5 Å². The molecule has 1 aliphatic carbocycles. The maximum atomic E-state index is 14.8. The van der Waals surface area contributed by atoms with Gasteiger partial charge in [-0.1, -0.05) is 18.2 Å². The first kappa shape index (κ1) is 24.1. The van der Waals surface area contributed by atoms with E-state index in [0.29, 0.717) is 0 Å². The van der Waals surface area contributed by atoms with Crippen LogP contribution in [0.1, 0.15) is 42.7 Å². The van der Waals surface area contributed by atoms with Gasteiger partial charge in [-0.25, -0.2) is 22.0 Å². The zero-order valence-electron chi connectivity index (χ0n) is 18.2. The van der Waals surface area contributed by atoms with Crippen molar-refractivity contribution in [2.24, 2.45) is 5.92 Å². The van der Waals surface area contributed by atoms with E-state index in [1.54, 1.807) is 0 Å². The summed E-state index contributed by atoms with van der Waals surface area (Å²) in [6, 6.07) is 8.83. The minimum absolute atomic E-state index is 0.0159. The SMILES string of the molecule is Cc1ccc(C2CCC(C(F)(F)Oc3ccc(-c4ccc(F)c(F)c4)c(F)c3)CC2)c(F)c1F. The van der Waals surface area contributed by atoms with Crippen LogP contribution in [0.4, 0.5) is 30.7 Å². The number of hydrogen-bond donors (Lipinski definition) is 0.